The second-order valence-corrected chi connectivity index (χ2v) is 8.20. The van der Waals surface area contributed by atoms with E-state index >= 15 is 0 Å². The van der Waals surface area contributed by atoms with E-state index in [2.05, 4.69) is 48.1 Å². The third kappa shape index (κ3) is 3.97. The highest BCUT2D eigenvalue weighted by atomic mass is 32.1. The lowest BCUT2D eigenvalue weighted by Gasteiger charge is -1.85. The first-order valence-electron chi connectivity index (χ1n) is 6.50. The van der Waals surface area contributed by atoms with E-state index in [9.17, 15) is 0 Å². The third-order valence-corrected chi connectivity index (χ3v) is 5.51. The van der Waals surface area contributed by atoms with Crippen molar-refractivity contribution in [3.8, 4) is 0 Å². The Morgan fingerprint density at radius 2 is 1.14 bits per heavy atom. The first kappa shape index (κ1) is 14.4. The van der Waals surface area contributed by atoms with Gasteiger partial charge in [-0.1, -0.05) is 11.3 Å². The van der Waals surface area contributed by atoms with E-state index in [0.29, 0.717) is 0 Å². The van der Waals surface area contributed by atoms with Crippen molar-refractivity contribution in [3.63, 3.8) is 0 Å². The van der Waals surface area contributed by atoms with Gasteiger partial charge in [-0.25, -0.2) is 9.98 Å². The van der Waals surface area contributed by atoms with Crippen LogP contribution in [0.4, 0.5) is 10.0 Å². The zero-order valence-electron chi connectivity index (χ0n) is 11.7. The Hall–Kier alpha value is -1.56. The van der Waals surface area contributed by atoms with Gasteiger partial charge >= 0.3 is 0 Å². The molecule has 0 amide bonds. The molecule has 3 aromatic rings. The van der Waals surface area contributed by atoms with E-state index in [0.717, 1.165) is 10.0 Å². The maximum absolute atomic E-state index is 4.50. The normalized spacial score (nSPS) is 11.9. The Morgan fingerprint density at radius 1 is 0.667 bits per heavy atom. The van der Waals surface area contributed by atoms with Gasteiger partial charge in [0.1, 0.15) is 10.0 Å². The molecule has 2 nitrogen and oxygen atoms in total. The minimum absolute atomic E-state index is 0.982. The average Bonchev–Trinajstić information content (AvgIpc) is 3.16. The molecule has 0 saturated carbocycles. The largest absolute Gasteiger partial charge is 0.244 e. The fourth-order valence-electron chi connectivity index (χ4n) is 1.76. The van der Waals surface area contributed by atoms with Crippen LogP contribution in [0.1, 0.15) is 19.5 Å². The summed E-state index contributed by atoms with van der Waals surface area (Å²) in [5.41, 5.74) is 0. The van der Waals surface area contributed by atoms with E-state index in [1.807, 2.05) is 24.6 Å². The van der Waals surface area contributed by atoms with Crippen LogP contribution >= 0.6 is 34.0 Å². The molecule has 0 fully saturated rings. The predicted octanol–water partition coefficient (Wildman–Crippen LogP) is 5.99. The maximum atomic E-state index is 4.50. The number of aryl methyl sites for hydroxylation is 2. The van der Waals surface area contributed by atoms with Crippen LogP contribution in [0.25, 0.3) is 0 Å². The van der Waals surface area contributed by atoms with Crippen molar-refractivity contribution in [2.45, 2.75) is 13.8 Å². The summed E-state index contributed by atoms with van der Waals surface area (Å²) in [6.07, 6.45) is 3.83. The van der Waals surface area contributed by atoms with Gasteiger partial charge in [-0.05, 0) is 50.2 Å². The first-order valence-corrected chi connectivity index (χ1v) is 8.95. The molecule has 0 bridgehead atoms. The SMILES string of the molecule is Cc1ccc(/C=N/c2ccc(/N=C/c3ccc(C)s3)s2)s1. The highest BCUT2D eigenvalue weighted by Crippen LogP contribution is 2.31. The van der Waals surface area contributed by atoms with E-state index < -0.39 is 0 Å². The van der Waals surface area contributed by atoms with Gasteiger partial charge < -0.3 is 0 Å². The molecule has 3 aromatic heterocycles. The van der Waals surface area contributed by atoms with Gasteiger partial charge in [0.15, 0.2) is 0 Å². The molecular formula is C16H14N2S3. The summed E-state index contributed by atoms with van der Waals surface area (Å²) in [6, 6.07) is 12.4. The van der Waals surface area contributed by atoms with E-state index in [1.165, 1.54) is 19.5 Å². The molecule has 0 aromatic carbocycles. The fourth-order valence-corrected chi connectivity index (χ4v) is 3.95. The molecule has 0 radical (unpaired) electrons. The van der Waals surface area contributed by atoms with Crippen molar-refractivity contribution in [1.82, 2.24) is 0 Å². The van der Waals surface area contributed by atoms with Gasteiger partial charge in [-0.15, -0.1) is 22.7 Å². The number of nitrogens with zero attached hydrogens (tertiary/aromatic N) is 2. The Balaban J connectivity index is 1.68. The lowest BCUT2D eigenvalue weighted by atomic mass is 10.4. The molecule has 106 valence electrons. The van der Waals surface area contributed by atoms with Gasteiger partial charge in [0.2, 0.25) is 0 Å². The summed E-state index contributed by atoms with van der Waals surface area (Å²) in [4.78, 5) is 14.0. The lowest BCUT2D eigenvalue weighted by molar-refractivity contribution is 1.63. The molecule has 0 spiro atoms. The number of rotatable bonds is 4. The van der Waals surface area contributed by atoms with Crippen molar-refractivity contribution in [2.24, 2.45) is 9.98 Å². The second-order valence-electron chi connectivity index (χ2n) is 4.53. The first-order chi connectivity index (χ1) is 10.2. The van der Waals surface area contributed by atoms with Crippen molar-refractivity contribution in [1.29, 1.82) is 0 Å². The van der Waals surface area contributed by atoms with Gasteiger partial charge in [-0.2, -0.15) is 0 Å². The van der Waals surface area contributed by atoms with E-state index in [1.54, 1.807) is 34.0 Å². The molecule has 0 unspecified atom stereocenters. The summed E-state index contributed by atoms with van der Waals surface area (Å²) >= 11 is 5.10. The zero-order chi connectivity index (χ0) is 14.7. The highest BCUT2D eigenvalue weighted by Gasteiger charge is 1.98. The molecule has 0 aliphatic heterocycles. The van der Waals surface area contributed by atoms with Crippen LogP contribution in [0, 0.1) is 13.8 Å². The molecule has 0 aliphatic rings. The van der Waals surface area contributed by atoms with E-state index in [4.69, 9.17) is 0 Å². The average molecular weight is 331 g/mol. The molecule has 21 heavy (non-hydrogen) atoms. The van der Waals surface area contributed by atoms with Gasteiger partial charge in [-0.3, -0.25) is 0 Å². The van der Waals surface area contributed by atoms with Crippen LogP contribution < -0.4 is 0 Å². The maximum Gasteiger partial charge on any atom is 0.118 e. The summed E-state index contributed by atoms with van der Waals surface area (Å²) in [5, 5.41) is 1.96. The topological polar surface area (TPSA) is 24.7 Å². The third-order valence-electron chi connectivity index (χ3n) is 2.74. The Kier molecular flexibility index (Phi) is 4.43. The molecule has 0 saturated heterocycles. The monoisotopic (exact) mass is 330 g/mol. The van der Waals surface area contributed by atoms with Gasteiger partial charge in [0, 0.05) is 31.9 Å². The lowest BCUT2D eigenvalue weighted by Crippen LogP contribution is -1.68. The highest BCUT2D eigenvalue weighted by molar-refractivity contribution is 7.19. The standard InChI is InChI=1S/C16H14N2S3/c1-11-3-5-13(19-11)9-17-15-7-8-16(21-15)18-10-14-6-4-12(2)20-14/h3-10H,1-2H3/b17-9+,18-10+. The molecule has 5 heteroatoms. The number of hydrogen-bond donors (Lipinski definition) is 0. The number of thiophene rings is 3. The summed E-state index contributed by atoms with van der Waals surface area (Å²) in [5.74, 6) is 0. The smallest absolute Gasteiger partial charge is 0.118 e. The molecule has 0 aliphatic carbocycles. The minimum Gasteiger partial charge on any atom is -0.244 e. The summed E-state index contributed by atoms with van der Waals surface area (Å²) < 4.78 is 0. The Morgan fingerprint density at radius 3 is 1.52 bits per heavy atom. The molecule has 0 atom stereocenters. The quantitative estimate of drug-likeness (QED) is 0.525. The Labute approximate surface area is 136 Å². The van der Waals surface area contributed by atoms with Crippen LogP contribution in [0.15, 0.2) is 46.4 Å². The van der Waals surface area contributed by atoms with E-state index in [-0.39, 0.29) is 0 Å². The summed E-state index contributed by atoms with van der Waals surface area (Å²) in [6.45, 7) is 4.21. The molecule has 3 rings (SSSR count). The Bertz CT molecular complexity index is 725. The zero-order valence-corrected chi connectivity index (χ0v) is 14.2. The van der Waals surface area contributed by atoms with Crippen molar-refractivity contribution in [2.75, 3.05) is 0 Å². The van der Waals surface area contributed by atoms with Crippen LogP contribution in [-0.4, -0.2) is 12.4 Å². The molecule has 3 heterocycles. The molecular weight excluding hydrogens is 316 g/mol. The second kappa shape index (κ2) is 6.47. The van der Waals surface area contributed by atoms with Crippen LogP contribution in [0.2, 0.25) is 0 Å². The number of aliphatic imine (C=N–C) groups is 2. The molecule has 0 N–H and O–H groups in total. The van der Waals surface area contributed by atoms with Gasteiger partial charge in [0.05, 0.1) is 0 Å². The van der Waals surface area contributed by atoms with Crippen molar-refractivity contribution < 1.29 is 0 Å². The van der Waals surface area contributed by atoms with Gasteiger partial charge in [0.25, 0.3) is 0 Å². The van der Waals surface area contributed by atoms with Crippen LogP contribution in [0.5, 0.6) is 0 Å². The van der Waals surface area contributed by atoms with Crippen molar-refractivity contribution in [3.05, 3.63) is 55.9 Å². The van der Waals surface area contributed by atoms with Crippen LogP contribution in [-0.2, 0) is 0 Å². The van der Waals surface area contributed by atoms with Crippen LogP contribution in [0.3, 0.4) is 0 Å². The number of hydrogen-bond acceptors (Lipinski definition) is 5. The minimum atomic E-state index is 0.982. The predicted molar refractivity (Wildman–Crippen MR) is 96.9 cm³/mol. The van der Waals surface area contributed by atoms with Crippen molar-refractivity contribution >= 4 is 56.4 Å². The fraction of sp³-hybridized carbons (Fsp3) is 0.125. The summed E-state index contributed by atoms with van der Waals surface area (Å²) in [7, 11) is 0.